The Balaban J connectivity index is 2.56. The zero-order valence-electron chi connectivity index (χ0n) is 6.48. The summed E-state index contributed by atoms with van der Waals surface area (Å²) in [5.74, 6) is 0. The summed E-state index contributed by atoms with van der Waals surface area (Å²) >= 11 is 6.95. The maximum atomic E-state index is 5.93. The van der Waals surface area contributed by atoms with Crippen LogP contribution in [0.5, 0.6) is 0 Å². The van der Waals surface area contributed by atoms with Crippen molar-refractivity contribution in [3.63, 3.8) is 0 Å². The van der Waals surface area contributed by atoms with Gasteiger partial charge < -0.3 is 5.73 Å². The fourth-order valence-corrected chi connectivity index (χ4v) is 2.38. The molecule has 64 valence electrons. The fraction of sp³-hybridized carbons (Fsp3) is 0.333. The maximum absolute atomic E-state index is 5.93. The minimum absolute atomic E-state index is 0.240. The lowest BCUT2D eigenvalue weighted by Crippen LogP contribution is -2.04. The average molecular weight is 291 g/mol. The van der Waals surface area contributed by atoms with E-state index >= 15 is 0 Å². The molecule has 1 aromatic rings. The first-order chi connectivity index (χ1) is 5.68. The second-order valence-electron chi connectivity index (χ2n) is 3.11. The van der Waals surface area contributed by atoms with E-state index in [2.05, 4.69) is 44.0 Å². The van der Waals surface area contributed by atoms with Crippen LogP contribution in [0.3, 0.4) is 0 Å². The lowest BCUT2D eigenvalue weighted by molar-refractivity contribution is 0.713. The van der Waals surface area contributed by atoms with Gasteiger partial charge in [-0.25, -0.2) is 0 Å². The number of hydrogen-bond donors (Lipinski definition) is 1. The summed E-state index contributed by atoms with van der Waals surface area (Å²) in [5, 5.41) is 0. The Hall–Kier alpha value is 0.140. The Morgan fingerprint density at radius 1 is 1.25 bits per heavy atom. The van der Waals surface area contributed by atoms with E-state index in [4.69, 9.17) is 5.73 Å². The van der Waals surface area contributed by atoms with Crippen molar-refractivity contribution in [3.05, 3.63) is 32.2 Å². The van der Waals surface area contributed by atoms with Crippen molar-refractivity contribution in [2.45, 2.75) is 18.9 Å². The highest BCUT2D eigenvalue weighted by molar-refractivity contribution is 9.13. The van der Waals surface area contributed by atoms with Gasteiger partial charge in [-0.15, -0.1) is 0 Å². The average Bonchev–Trinajstić information content (AvgIpc) is 2.35. The van der Waals surface area contributed by atoms with Gasteiger partial charge in [-0.3, -0.25) is 0 Å². The number of benzene rings is 1. The Morgan fingerprint density at radius 3 is 2.67 bits per heavy atom. The highest BCUT2D eigenvalue weighted by atomic mass is 79.9. The molecule has 1 nitrogen and oxygen atoms in total. The van der Waals surface area contributed by atoms with Crippen LogP contribution in [0.4, 0.5) is 0 Å². The number of nitrogens with two attached hydrogens (primary N) is 1. The van der Waals surface area contributed by atoms with Crippen LogP contribution in [0.15, 0.2) is 21.1 Å². The van der Waals surface area contributed by atoms with Crippen LogP contribution in [0.25, 0.3) is 0 Å². The molecular formula is C9H9Br2N. The second kappa shape index (κ2) is 3.13. The lowest BCUT2D eigenvalue weighted by Gasteiger charge is -2.06. The van der Waals surface area contributed by atoms with Gasteiger partial charge in [0.05, 0.1) is 0 Å². The number of hydrogen-bond acceptors (Lipinski definition) is 1. The first kappa shape index (κ1) is 8.73. The van der Waals surface area contributed by atoms with Crippen molar-refractivity contribution in [1.82, 2.24) is 0 Å². The van der Waals surface area contributed by atoms with Gasteiger partial charge in [-0.2, -0.15) is 0 Å². The Kier molecular flexibility index (Phi) is 2.27. The zero-order chi connectivity index (χ0) is 8.72. The van der Waals surface area contributed by atoms with Crippen LogP contribution in [0.1, 0.15) is 23.6 Å². The molecule has 0 saturated carbocycles. The molecule has 1 atom stereocenters. The standard InChI is InChI=1S/C9H9Br2N/c10-7-3-5-1-2-9(12)6(5)4-8(7)11/h3-4,9H,1-2,12H2. The first-order valence-electron chi connectivity index (χ1n) is 3.92. The molecule has 0 saturated heterocycles. The lowest BCUT2D eigenvalue weighted by atomic mass is 10.1. The number of aryl methyl sites for hydroxylation is 1. The first-order valence-corrected chi connectivity index (χ1v) is 5.50. The van der Waals surface area contributed by atoms with Gasteiger partial charge in [0.25, 0.3) is 0 Å². The van der Waals surface area contributed by atoms with Gasteiger partial charge >= 0.3 is 0 Å². The SMILES string of the molecule is NC1CCc2cc(Br)c(Br)cc21. The summed E-state index contributed by atoms with van der Waals surface area (Å²) < 4.78 is 2.22. The number of halogens is 2. The molecule has 1 aliphatic rings. The third kappa shape index (κ3) is 1.34. The monoisotopic (exact) mass is 289 g/mol. The summed E-state index contributed by atoms with van der Waals surface area (Å²) in [6.07, 6.45) is 2.20. The second-order valence-corrected chi connectivity index (χ2v) is 4.82. The van der Waals surface area contributed by atoms with Crippen molar-refractivity contribution < 1.29 is 0 Å². The molecule has 1 unspecified atom stereocenters. The van der Waals surface area contributed by atoms with Crippen LogP contribution >= 0.6 is 31.9 Å². The molecule has 0 bridgehead atoms. The molecule has 0 aromatic heterocycles. The van der Waals surface area contributed by atoms with E-state index in [1.165, 1.54) is 11.1 Å². The Labute approximate surface area is 88.6 Å². The van der Waals surface area contributed by atoms with E-state index in [1.54, 1.807) is 0 Å². The molecule has 0 radical (unpaired) electrons. The third-order valence-electron chi connectivity index (χ3n) is 2.31. The highest BCUT2D eigenvalue weighted by Gasteiger charge is 2.19. The smallest absolute Gasteiger partial charge is 0.0320 e. The number of rotatable bonds is 0. The van der Waals surface area contributed by atoms with Crippen molar-refractivity contribution in [2.24, 2.45) is 5.73 Å². The van der Waals surface area contributed by atoms with Crippen molar-refractivity contribution in [3.8, 4) is 0 Å². The molecule has 12 heavy (non-hydrogen) atoms. The molecule has 1 aromatic carbocycles. The quantitative estimate of drug-likeness (QED) is 0.780. The van der Waals surface area contributed by atoms with Gasteiger partial charge in [-0.1, -0.05) is 0 Å². The van der Waals surface area contributed by atoms with E-state index in [1.807, 2.05) is 0 Å². The highest BCUT2D eigenvalue weighted by Crippen LogP contribution is 2.35. The third-order valence-corrected chi connectivity index (χ3v) is 4.15. The van der Waals surface area contributed by atoms with Crippen molar-refractivity contribution in [1.29, 1.82) is 0 Å². The Bertz CT molecular complexity index is 323. The molecule has 0 spiro atoms. The van der Waals surface area contributed by atoms with Crippen molar-refractivity contribution >= 4 is 31.9 Å². The van der Waals surface area contributed by atoms with Gasteiger partial charge in [0.2, 0.25) is 0 Å². The van der Waals surface area contributed by atoms with Gasteiger partial charge in [0, 0.05) is 15.0 Å². The predicted octanol–water partition coefficient (Wildman–Crippen LogP) is 3.16. The zero-order valence-corrected chi connectivity index (χ0v) is 9.65. The Morgan fingerprint density at radius 2 is 1.92 bits per heavy atom. The summed E-state index contributed by atoms with van der Waals surface area (Å²) in [4.78, 5) is 0. The van der Waals surface area contributed by atoms with Crippen LogP contribution in [-0.2, 0) is 6.42 Å². The van der Waals surface area contributed by atoms with E-state index in [-0.39, 0.29) is 6.04 Å². The molecular weight excluding hydrogens is 282 g/mol. The van der Waals surface area contributed by atoms with E-state index in [9.17, 15) is 0 Å². The molecule has 0 fully saturated rings. The minimum atomic E-state index is 0.240. The van der Waals surface area contributed by atoms with Crippen LogP contribution in [0.2, 0.25) is 0 Å². The van der Waals surface area contributed by atoms with E-state index in [0.717, 1.165) is 21.8 Å². The fourth-order valence-electron chi connectivity index (χ4n) is 1.63. The van der Waals surface area contributed by atoms with E-state index in [0.29, 0.717) is 0 Å². The molecule has 0 heterocycles. The van der Waals surface area contributed by atoms with Gasteiger partial charge in [0.15, 0.2) is 0 Å². The summed E-state index contributed by atoms with van der Waals surface area (Å²) in [5.41, 5.74) is 8.61. The topological polar surface area (TPSA) is 26.0 Å². The molecule has 0 aliphatic heterocycles. The van der Waals surface area contributed by atoms with Crippen molar-refractivity contribution in [2.75, 3.05) is 0 Å². The number of fused-ring (bicyclic) bond motifs is 1. The summed E-state index contributed by atoms with van der Waals surface area (Å²) in [6.45, 7) is 0. The minimum Gasteiger partial charge on any atom is -0.324 e. The molecule has 2 rings (SSSR count). The maximum Gasteiger partial charge on any atom is 0.0320 e. The van der Waals surface area contributed by atoms with Gasteiger partial charge in [-0.05, 0) is 68.0 Å². The predicted molar refractivity (Wildman–Crippen MR) is 57.1 cm³/mol. The molecule has 3 heteroatoms. The normalized spacial score (nSPS) is 21.1. The largest absolute Gasteiger partial charge is 0.324 e. The molecule has 1 aliphatic carbocycles. The molecule has 0 amide bonds. The van der Waals surface area contributed by atoms with Crippen LogP contribution in [0, 0.1) is 0 Å². The van der Waals surface area contributed by atoms with Gasteiger partial charge in [0.1, 0.15) is 0 Å². The van der Waals surface area contributed by atoms with Crippen LogP contribution in [-0.4, -0.2) is 0 Å². The van der Waals surface area contributed by atoms with Crippen LogP contribution < -0.4 is 5.73 Å². The summed E-state index contributed by atoms with van der Waals surface area (Å²) in [6, 6.07) is 4.52. The molecule has 2 N–H and O–H groups in total. The summed E-state index contributed by atoms with van der Waals surface area (Å²) in [7, 11) is 0. The van der Waals surface area contributed by atoms with E-state index < -0.39 is 0 Å².